The molecule has 2 aromatic heterocycles. The minimum Gasteiger partial charge on any atom is -0.337 e. The number of hydrogen-bond donors (Lipinski definition) is 1. The largest absolute Gasteiger partial charge is 0.337 e. The predicted molar refractivity (Wildman–Crippen MR) is 118 cm³/mol. The third kappa shape index (κ3) is 5.08. The zero-order valence-corrected chi connectivity index (χ0v) is 17.7. The molecule has 8 heteroatoms. The van der Waals surface area contributed by atoms with Gasteiger partial charge in [-0.25, -0.2) is 4.98 Å². The Kier molecular flexibility index (Phi) is 7.14. The Balaban J connectivity index is 0.00000240. The maximum atomic E-state index is 12.8. The van der Waals surface area contributed by atoms with Gasteiger partial charge in [0.1, 0.15) is 5.65 Å². The van der Waals surface area contributed by atoms with Crippen LogP contribution in [-0.4, -0.2) is 51.3 Å². The minimum atomic E-state index is 0. The summed E-state index contributed by atoms with van der Waals surface area (Å²) < 4.78 is 1.95. The number of nitrogens with zero attached hydrogens (tertiary/aromatic N) is 4. The topological polar surface area (TPSA) is 66.9 Å². The van der Waals surface area contributed by atoms with E-state index in [1.54, 1.807) is 0 Å². The van der Waals surface area contributed by atoms with Crippen LogP contribution in [0.15, 0.2) is 48.8 Å². The van der Waals surface area contributed by atoms with Crippen molar-refractivity contribution in [1.29, 1.82) is 0 Å². The molecule has 3 heterocycles. The molecule has 1 aliphatic rings. The molecule has 0 radical (unpaired) electrons. The van der Waals surface area contributed by atoms with Crippen molar-refractivity contribution in [2.75, 3.05) is 26.2 Å². The summed E-state index contributed by atoms with van der Waals surface area (Å²) in [5, 5.41) is 0.694. The Morgan fingerprint density at radius 1 is 1.03 bits per heavy atom. The van der Waals surface area contributed by atoms with Crippen molar-refractivity contribution in [2.24, 2.45) is 5.73 Å². The van der Waals surface area contributed by atoms with Gasteiger partial charge in [0.25, 0.3) is 5.91 Å². The molecule has 1 aromatic carbocycles. The second kappa shape index (κ2) is 9.59. The summed E-state index contributed by atoms with van der Waals surface area (Å²) in [7, 11) is 0. The Hall–Kier alpha value is -2.12. The summed E-state index contributed by atoms with van der Waals surface area (Å²) in [5.41, 5.74) is 9.30. The van der Waals surface area contributed by atoms with E-state index in [9.17, 15) is 4.79 Å². The molecule has 1 fully saturated rings. The van der Waals surface area contributed by atoms with Crippen molar-refractivity contribution >= 4 is 35.6 Å². The molecule has 0 unspecified atom stereocenters. The number of carbonyl (C=O) groups excluding carboxylic acids is 1. The van der Waals surface area contributed by atoms with Crippen molar-refractivity contribution in [1.82, 2.24) is 19.2 Å². The molecule has 154 valence electrons. The standard InChI is InChI=1S/C21H24ClN5O.ClH/c22-18-6-7-20-24-19(15-27(20)13-18)14-25-8-1-9-26(11-10-25)21(28)17-4-2-16(12-23)3-5-17;/h2-7,13,15H,1,8-12,14,23H2;1H. The summed E-state index contributed by atoms with van der Waals surface area (Å²) in [5.74, 6) is 0.0905. The van der Waals surface area contributed by atoms with E-state index in [0.29, 0.717) is 11.6 Å². The van der Waals surface area contributed by atoms with Gasteiger partial charge in [0.05, 0.1) is 10.7 Å². The second-order valence-corrected chi connectivity index (χ2v) is 7.60. The summed E-state index contributed by atoms with van der Waals surface area (Å²) in [6.07, 6.45) is 4.84. The van der Waals surface area contributed by atoms with Crippen LogP contribution < -0.4 is 5.73 Å². The first-order chi connectivity index (χ1) is 13.6. The van der Waals surface area contributed by atoms with Crippen LogP contribution in [0.4, 0.5) is 0 Å². The molecule has 0 spiro atoms. The molecule has 3 aromatic rings. The monoisotopic (exact) mass is 433 g/mol. The van der Waals surface area contributed by atoms with Crippen LogP contribution in [0.1, 0.15) is 28.0 Å². The highest BCUT2D eigenvalue weighted by Crippen LogP contribution is 2.15. The van der Waals surface area contributed by atoms with Crippen molar-refractivity contribution in [3.63, 3.8) is 0 Å². The zero-order chi connectivity index (χ0) is 19.5. The zero-order valence-electron chi connectivity index (χ0n) is 16.1. The SMILES string of the molecule is Cl.NCc1ccc(C(=O)N2CCCN(Cc3cn4cc(Cl)ccc4n3)CC2)cc1. The van der Waals surface area contributed by atoms with Crippen molar-refractivity contribution < 1.29 is 4.79 Å². The lowest BCUT2D eigenvalue weighted by Gasteiger charge is -2.21. The number of amides is 1. The van der Waals surface area contributed by atoms with Crippen molar-refractivity contribution in [2.45, 2.75) is 19.5 Å². The number of halogens is 2. The van der Waals surface area contributed by atoms with E-state index in [4.69, 9.17) is 17.3 Å². The molecule has 4 rings (SSSR count). The van der Waals surface area contributed by atoms with Gasteiger partial charge in [0.2, 0.25) is 0 Å². The van der Waals surface area contributed by atoms with Gasteiger partial charge >= 0.3 is 0 Å². The van der Waals surface area contributed by atoms with Crippen molar-refractivity contribution in [3.05, 3.63) is 70.6 Å². The van der Waals surface area contributed by atoms with Gasteiger partial charge in [-0.05, 0) is 36.2 Å². The van der Waals surface area contributed by atoms with Crippen LogP contribution in [0.2, 0.25) is 5.02 Å². The predicted octanol–water partition coefficient (Wildman–Crippen LogP) is 3.22. The van der Waals surface area contributed by atoms with Gasteiger partial charge in [-0.15, -0.1) is 12.4 Å². The van der Waals surface area contributed by atoms with Crippen LogP contribution in [0.5, 0.6) is 0 Å². The van der Waals surface area contributed by atoms with Crippen molar-refractivity contribution in [3.8, 4) is 0 Å². The van der Waals surface area contributed by atoms with E-state index in [0.717, 1.165) is 61.6 Å². The Labute approximate surface area is 181 Å². The molecular formula is C21H25Cl2N5O. The number of imidazole rings is 1. The van der Waals surface area contributed by atoms with Crippen LogP contribution in [0.25, 0.3) is 5.65 Å². The molecule has 1 amide bonds. The van der Waals surface area contributed by atoms with E-state index in [1.165, 1.54) is 0 Å². The number of nitrogens with two attached hydrogens (primary N) is 1. The number of hydrogen-bond acceptors (Lipinski definition) is 4. The van der Waals surface area contributed by atoms with Crippen LogP contribution in [0.3, 0.4) is 0 Å². The molecule has 0 aliphatic carbocycles. The highest BCUT2D eigenvalue weighted by Gasteiger charge is 2.21. The normalized spacial score (nSPS) is 15.2. The summed E-state index contributed by atoms with van der Waals surface area (Å²) in [4.78, 5) is 21.8. The fourth-order valence-electron chi connectivity index (χ4n) is 3.62. The maximum Gasteiger partial charge on any atom is 0.253 e. The summed E-state index contributed by atoms with van der Waals surface area (Å²) in [6.45, 7) is 4.53. The Morgan fingerprint density at radius 2 is 1.83 bits per heavy atom. The average molecular weight is 434 g/mol. The average Bonchev–Trinajstić information content (AvgIpc) is 2.95. The van der Waals surface area contributed by atoms with E-state index in [1.807, 2.05) is 58.1 Å². The van der Waals surface area contributed by atoms with Gasteiger partial charge in [0.15, 0.2) is 0 Å². The molecule has 2 N–H and O–H groups in total. The van der Waals surface area contributed by atoms with E-state index in [-0.39, 0.29) is 18.3 Å². The second-order valence-electron chi connectivity index (χ2n) is 7.17. The van der Waals surface area contributed by atoms with Crippen LogP contribution in [0, 0.1) is 0 Å². The molecular weight excluding hydrogens is 409 g/mol. The lowest BCUT2D eigenvalue weighted by molar-refractivity contribution is 0.0761. The molecule has 6 nitrogen and oxygen atoms in total. The number of pyridine rings is 1. The lowest BCUT2D eigenvalue weighted by Crippen LogP contribution is -2.35. The number of fused-ring (bicyclic) bond motifs is 1. The fraction of sp³-hybridized carbons (Fsp3) is 0.333. The summed E-state index contributed by atoms with van der Waals surface area (Å²) >= 11 is 6.05. The molecule has 0 atom stereocenters. The fourth-order valence-corrected chi connectivity index (χ4v) is 3.79. The lowest BCUT2D eigenvalue weighted by atomic mass is 10.1. The Bertz CT molecular complexity index is 973. The van der Waals surface area contributed by atoms with Gasteiger partial charge in [0, 0.05) is 57.2 Å². The quantitative estimate of drug-likeness (QED) is 0.685. The minimum absolute atomic E-state index is 0. The molecule has 0 bridgehead atoms. The van der Waals surface area contributed by atoms with E-state index in [2.05, 4.69) is 9.88 Å². The van der Waals surface area contributed by atoms with Crippen LogP contribution in [-0.2, 0) is 13.1 Å². The van der Waals surface area contributed by atoms with Gasteiger partial charge in [-0.1, -0.05) is 23.7 Å². The maximum absolute atomic E-state index is 12.8. The third-order valence-corrected chi connectivity index (χ3v) is 5.39. The highest BCUT2D eigenvalue weighted by atomic mass is 35.5. The van der Waals surface area contributed by atoms with Gasteiger partial charge in [-0.3, -0.25) is 9.69 Å². The Morgan fingerprint density at radius 3 is 2.59 bits per heavy atom. The first kappa shape index (κ1) is 21.6. The van der Waals surface area contributed by atoms with E-state index >= 15 is 0 Å². The van der Waals surface area contributed by atoms with Gasteiger partial charge in [-0.2, -0.15) is 0 Å². The van der Waals surface area contributed by atoms with E-state index < -0.39 is 0 Å². The molecule has 0 saturated carbocycles. The number of rotatable bonds is 4. The first-order valence-electron chi connectivity index (χ1n) is 9.56. The molecule has 1 saturated heterocycles. The smallest absolute Gasteiger partial charge is 0.253 e. The number of carbonyl (C=O) groups is 1. The highest BCUT2D eigenvalue weighted by molar-refractivity contribution is 6.30. The molecule has 1 aliphatic heterocycles. The van der Waals surface area contributed by atoms with Crippen LogP contribution >= 0.6 is 24.0 Å². The third-order valence-electron chi connectivity index (χ3n) is 5.16. The number of aromatic nitrogens is 2. The summed E-state index contributed by atoms with van der Waals surface area (Å²) in [6, 6.07) is 11.4. The first-order valence-corrected chi connectivity index (χ1v) is 9.94. The van der Waals surface area contributed by atoms with Gasteiger partial charge < -0.3 is 15.0 Å². The number of benzene rings is 1. The molecule has 29 heavy (non-hydrogen) atoms.